The van der Waals surface area contributed by atoms with Crippen LogP contribution >= 0.6 is 0 Å². The van der Waals surface area contributed by atoms with E-state index < -0.39 is 22.6 Å². The minimum atomic E-state index is -0.668. The van der Waals surface area contributed by atoms with Crippen LogP contribution in [0.3, 0.4) is 0 Å². The third-order valence-electron chi connectivity index (χ3n) is 3.82. The third kappa shape index (κ3) is 4.80. The first kappa shape index (κ1) is 18.5. The van der Waals surface area contributed by atoms with Crippen molar-refractivity contribution in [2.45, 2.75) is 19.9 Å². The molecule has 6 nitrogen and oxygen atoms in total. The van der Waals surface area contributed by atoms with Gasteiger partial charge in [-0.05, 0) is 31.5 Å². The zero-order chi connectivity index (χ0) is 18.6. The zero-order valence-electron chi connectivity index (χ0n) is 13.8. The Hall–Kier alpha value is -2.87. The number of hydrogen-bond acceptors (Lipinski definition) is 3. The number of nitrogens with zero attached hydrogens (tertiary/aromatic N) is 1. The predicted octanol–water partition coefficient (Wildman–Crippen LogP) is 2.44. The number of nitrogens with two attached hydrogens (primary N) is 1. The number of anilines is 1. The summed E-state index contributed by atoms with van der Waals surface area (Å²) in [6, 6.07) is 7.11. The van der Waals surface area contributed by atoms with Crippen LogP contribution in [-0.2, 0) is 4.79 Å². The normalized spacial score (nSPS) is 11.8. The van der Waals surface area contributed by atoms with Crippen molar-refractivity contribution >= 4 is 17.3 Å². The Morgan fingerprint density at radius 2 is 2.00 bits per heavy atom. The lowest BCUT2D eigenvalue weighted by Crippen LogP contribution is -2.86. The highest BCUT2D eigenvalue weighted by Crippen LogP contribution is 2.21. The Morgan fingerprint density at radius 1 is 1.28 bits per heavy atom. The summed E-state index contributed by atoms with van der Waals surface area (Å²) in [5.74, 6) is -1.70. The second kappa shape index (κ2) is 7.80. The number of aryl methyl sites for hydroxylation is 1. The van der Waals surface area contributed by atoms with Crippen LogP contribution in [0.25, 0.3) is 0 Å². The number of nitro benzene ring substituents is 1. The molecule has 1 amide bonds. The monoisotopic (exact) mass is 350 g/mol. The molecule has 0 radical (unpaired) electrons. The van der Waals surface area contributed by atoms with Gasteiger partial charge in [-0.3, -0.25) is 14.9 Å². The average Bonchev–Trinajstić information content (AvgIpc) is 2.54. The molecule has 0 fully saturated rings. The maximum absolute atomic E-state index is 13.7. The topological polar surface area (TPSA) is 88.9 Å². The van der Waals surface area contributed by atoms with E-state index in [4.69, 9.17) is 0 Å². The summed E-state index contributed by atoms with van der Waals surface area (Å²) in [5, 5.41) is 15.0. The van der Waals surface area contributed by atoms with Crippen molar-refractivity contribution in [1.29, 1.82) is 0 Å². The quantitative estimate of drug-likeness (QED) is 0.619. The van der Waals surface area contributed by atoms with Gasteiger partial charge in [0.1, 0.15) is 17.7 Å². The van der Waals surface area contributed by atoms with E-state index in [1.807, 2.05) is 0 Å². The number of benzene rings is 2. The lowest BCUT2D eigenvalue weighted by Gasteiger charge is -2.13. The standard InChI is InChI=1S/C17H17F2N3O3/c1-10-3-5-13(22(24)25)8-16(10)21-17(23)9-20-11(2)14-6-4-12(18)7-15(14)19/h3-8,11,20H,9H2,1-2H3,(H,21,23)/p+1/t11-/m1/s1. The maximum Gasteiger partial charge on any atom is 0.279 e. The first-order valence-electron chi connectivity index (χ1n) is 7.61. The first-order chi connectivity index (χ1) is 11.8. The SMILES string of the molecule is Cc1ccc([N+](=O)[O-])cc1NC(=O)C[NH2+][C@H](C)c1ccc(F)cc1F. The fourth-order valence-corrected chi connectivity index (χ4v) is 2.34. The minimum Gasteiger partial charge on any atom is -0.332 e. The van der Waals surface area contributed by atoms with E-state index in [0.29, 0.717) is 16.8 Å². The van der Waals surface area contributed by atoms with Gasteiger partial charge in [-0.1, -0.05) is 6.07 Å². The van der Waals surface area contributed by atoms with Gasteiger partial charge in [-0.2, -0.15) is 0 Å². The molecule has 1 atom stereocenters. The van der Waals surface area contributed by atoms with Crippen LogP contribution in [0.5, 0.6) is 0 Å². The molecular weight excluding hydrogens is 332 g/mol. The smallest absolute Gasteiger partial charge is 0.279 e. The van der Waals surface area contributed by atoms with E-state index in [9.17, 15) is 23.7 Å². The van der Waals surface area contributed by atoms with Gasteiger partial charge in [0.2, 0.25) is 0 Å². The molecule has 0 unspecified atom stereocenters. The lowest BCUT2D eigenvalue weighted by molar-refractivity contribution is -0.682. The molecule has 2 aromatic carbocycles. The van der Waals surface area contributed by atoms with Gasteiger partial charge in [0.05, 0.1) is 10.6 Å². The molecule has 2 rings (SSSR count). The van der Waals surface area contributed by atoms with Gasteiger partial charge in [0, 0.05) is 23.8 Å². The van der Waals surface area contributed by atoms with Gasteiger partial charge >= 0.3 is 0 Å². The van der Waals surface area contributed by atoms with E-state index in [-0.39, 0.29) is 18.1 Å². The molecule has 2 aromatic rings. The Kier molecular flexibility index (Phi) is 5.76. The van der Waals surface area contributed by atoms with E-state index >= 15 is 0 Å². The zero-order valence-corrected chi connectivity index (χ0v) is 13.8. The Labute approximate surface area is 143 Å². The second-order valence-electron chi connectivity index (χ2n) is 5.70. The Balaban J connectivity index is 1.99. The van der Waals surface area contributed by atoms with Crippen LogP contribution in [0.15, 0.2) is 36.4 Å². The van der Waals surface area contributed by atoms with Gasteiger partial charge in [-0.15, -0.1) is 0 Å². The van der Waals surface area contributed by atoms with Crippen LogP contribution in [0.2, 0.25) is 0 Å². The van der Waals surface area contributed by atoms with Crippen molar-refractivity contribution in [1.82, 2.24) is 0 Å². The van der Waals surface area contributed by atoms with Crippen molar-refractivity contribution in [2.24, 2.45) is 0 Å². The summed E-state index contributed by atoms with van der Waals surface area (Å²) in [6.07, 6.45) is 0. The van der Waals surface area contributed by atoms with Crippen molar-refractivity contribution in [2.75, 3.05) is 11.9 Å². The van der Waals surface area contributed by atoms with E-state index in [0.717, 1.165) is 12.1 Å². The molecule has 0 aromatic heterocycles. The number of quaternary nitrogens is 1. The average molecular weight is 350 g/mol. The largest absolute Gasteiger partial charge is 0.332 e. The van der Waals surface area contributed by atoms with Gasteiger partial charge in [0.15, 0.2) is 6.54 Å². The molecule has 0 aliphatic rings. The number of halogens is 2. The van der Waals surface area contributed by atoms with Crippen LogP contribution in [-0.4, -0.2) is 17.4 Å². The Bertz CT molecular complexity index is 812. The molecular formula is C17H18F2N3O3+. The molecule has 0 bridgehead atoms. The van der Waals surface area contributed by atoms with E-state index in [2.05, 4.69) is 5.32 Å². The summed E-state index contributed by atoms with van der Waals surface area (Å²) < 4.78 is 26.7. The van der Waals surface area contributed by atoms with Crippen LogP contribution in [0.1, 0.15) is 24.1 Å². The highest BCUT2D eigenvalue weighted by Gasteiger charge is 2.17. The van der Waals surface area contributed by atoms with Crippen molar-refractivity contribution in [3.63, 3.8) is 0 Å². The molecule has 0 spiro atoms. The fraction of sp³-hybridized carbons (Fsp3) is 0.235. The summed E-state index contributed by atoms with van der Waals surface area (Å²) in [6.45, 7) is 3.40. The molecule has 0 saturated carbocycles. The van der Waals surface area contributed by atoms with Crippen molar-refractivity contribution < 1.29 is 23.8 Å². The first-order valence-corrected chi connectivity index (χ1v) is 7.61. The van der Waals surface area contributed by atoms with Crippen LogP contribution in [0, 0.1) is 28.7 Å². The molecule has 8 heteroatoms. The fourth-order valence-electron chi connectivity index (χ4n) is 2.34. The number of nitro groups is 1. The van der Waals surface area contributed by atoms with Gasteiger partial charge in [-0.25, -0.2) is 8.78 Å². The highest BCUT2D eigenvalue weighted by atomic mass is 19.1. The molecule has 0 aliphatic carbocycles. The summed E-state index contributed by atoms with van der Waals surface area (Å²) >= 11 is 0. The number of rotatable bonds is 6. The minimum absolute atomic E-state index is 0.0138. The predicted molar refractivity (Wildman–Crippen MR) is 88.0 cm³/mol. The Morgan fingerprint density at radius 3 is 2.64 bits per heavy atom. The second-order valence-corrected chi connectivity index (χ2v) is 5.70. The number of carbonyl (C=O) groups excluding carboxylic acids is 1. The molecule has 132 valence electrons. The number of carbonyl (C=O) groups is 1. The van der Waals surface area contributed by atoms with Gasteiger partial charge < -0.3 is 10.6 Å². The summed E-state index contributed by atoms with van der Waals surface area (Å²) in [7, 11) is 0. The number of hydrogen-bond donors (Lipinski definition) is 2. The van der Waals surface area contributed by atoms with E-state index in [1.54, 1.807) is 25.2 Å². The third-order valence-corrected chi connectivity index (χ3v) is 3.82. The van der Waals surface area contributed by atoms with Crippen LogP contribution in [0.4, 0.5) is 20.2 Å². The summed E-state index contributed by atoms with van der Waals surface area (Å²) in [5.41, 5.74) is 1.22. The maximum atomic E-state index is 13.7. The molecule has 25 heavy (non-hydrogen) atoms. The number of non-ortho nitro benzene ring substituents is 1. The van der Waals surface area contributed by atoms with E-state index in [1.165, 1.54) is 18.2 Å². The van der Waals surface area contributed by atoms with Crippen molar-refractivity contribution in [3.8, 4) is 0 Å². The van der Waals surface area contributed by atoms with Crippen LogP contribution < -0.4 is 10.6 Å². The summed E-state index contributed by atoms with van der Waals surface area (Å²) in [4.78, 5) is 22.3. The van der Waals surface area contributed by atoms with Crippen molar-refractivity contribution in [3.05, 3.63) is 69.3 Å². The number of amides is 1. The molecule has 0 saturated heterocycles. The number of nitrogens with one attached hydrogen (secondary N) is 1. The molecule has 3 N–H and O–H groups in total. The highest BCUT2D eigenvalue weighted by molar-refractivity contribution is 5.92. The molecule has 0 aliphatic heterocycles. The van der Waals surface area contributed by atoms with Gasteiger partial charge in [0.25, 0.3) is 11.6 Å². The lowest BCUT2D eigenvalue weighted by atomic mass is 10.1. The molecule has 0 heterocycles.